The Bertz CT molecular complexity index is 2220. The molecular weight excluding hydrogens is 656 g/mol. The molecule has 8 rings (SSSR count). The van der Waals surface area contributed by atoms with Gasteiger partial charge in [-0.1, -0.05) is 72.8 Å². The molecule has 0 aromatic heterocycles. The second kappa shape index (κ2) is 13.3. The Labute approximate surface area is 298 Å². The molecule has 2 aliphatic rings. The third-order valence-corrected chi connectivity index (χ3v) is 8.98. The van der Waals surface area contributed by atoms with Gasteiger partial charge in [0.15, 0.2) is 5.78 Å². The lowest BCUT2D eigenvalue weighted by atomic mass is 9.96. The molecule has 52 heavy (non-hydrogen) atoms. The van der Waals surface area contributed by atoms with Crippen LogP contribution in [0.4, 0.5) is 11.4 Å². The first-order chi connectivity index (χ1) is 25.4. The van der Waals surface area contributed by atoms with Gasteiger partial charge in [-0.2, -0.15) is 0 Å². The fraction of sp³-hybridized carbons (Fsp3) is 0.0465. The number of ether oxygens (including phenoxy) is 2. The lowest BCUT2D eigenvalue weighted by Crippen LogP contribution is -2.29. The van der Waals surface area contributed by atoms with E-state index >= 15 is 0 Å². The van der Waals surface area contributed by atoms with Crippen molar-refractivity contribution < 1.29 is 33.4 Å². The summed E-state index contributed by atoms with van der Waals surface area (Å²) in [5.74, 6) is -1.44. The van der Waals surface area contributed by atoms with E-state index in [1.54, 1.807) is 48.5 Å². The highest BCUT2D eigenvalue weighted by Gasteiger charge is 2.39. The SMILES string of the molecule is O=C(c1ccc2c(c1)C(=O)N(c1ccc(OCc3ccccc3)cc1)C2=O)c1ccc2c(c1)C(=O)N(c1ccc(OCc3ccccc3)cc1)C2=O. The molecule has 252 valence electrons. The first-order valence-electron chi connectivity index (χ1n) is 16.5. The third kappa shape index (κ3) is 5.90. The summed E-state index contributed by atoms with van der Waals surface area (Å²) in [5.41, 5.74) is 3.60. The van der Waals surface area contributed by atoms with Crippen molar-refractivity contribution in [1.82, 2.24) is 0 Å². The van der Waals surface area contributed by atoms with E-state index < -0.39 is 29.4 Å². The van der Waals surface area contributed by atoms with E-state index in [1.165, 1.54) is 36.4 Å². The summed E-state index contributed by atoms with van der Waals surface area (Å²) in [6.07, 6.45) is 0. The molecule has 4 amide bonds. The molecule has 0 radical (unpaired) electrons. The first-order valence-corrected chi connectivity index (χ1v) is 16.5. The summed E-state index contributed by atoms with van der Waals surface area (Å²) in [5, 5.41) is 0. The monoisotopic (exact) mass is 684 g/mol. The molecule has 6 aromatic carbocycles. The highest BCUT2D eigenvalue weighted by molar-refractivity contribution is 6.36. The smallest absolute Gasteiger partial charge is 0.266 e. The molecule has 0 saturated heterocycles. The summed E-state index contributed by atoms with van der Waals surface area (Å²) in [6, 6.07) is 41.3. The van der Waals surface area contributed by atoms with E-state index in [2.05, 4.69) is 0 Å². The average molecular weight is 685 g/mol. The number of amides is 4. The van der Waals surface area contributed by atoms with E-state index in [0.29, 0.717) is 36.1 Å². The molecular formula is C43H28N2O7. The van der Waals surface area contributed by atoms with E-state index in [9.17, 15) is 24.0 Å². The van der Waals surface area contributed by atoms with Crippen molar-refractivity contribution in [1.29, 1.82) is 0 Å². The molecule has 0 bridgehead atoms. The van der Waals surface area contributed by atoms with E-state index in [0.717, 1.165) is 20.9 Å². The third-order valence-electron chi connectivity index (χ3n) is 8.98. The molecule has 0 unspecified atom stereocenters. The normalized spacial score (nSPS) is 13.3. The Morgan fingerprint density at radius 1 is 0.423 bits per heavy atom. The molecule has 0 fully saturated rings. The lowest BCUT2D eigenvalue weighted by Gasteiger charge is -2.14. The zero-order valence-corrected chi connectivity index (χ0v) is 27.5. The number of fused-ring (bicyclic) bond motifs is 2. The highest BCUT2D eigenvalue weighted by Crippen LogP contribution is 2.33. The number of nitrogens with zero attached hydrogens (tertiary/aromatic N) is 2. The number of imide groups is 2. The maximum Gasteiger partial charge on any atom is 0.266 e. The number of ketones is 1. The summed E-state index contributed by atoms with van der Waals surface area (Å²) in [7, 11) is 0. The Kier molecular flexibility index (Phi) is 8.21. The van der Waals surface area contributed by atoms with E-state index in [4.69, 9.17) is 9.47 Å². The van der Waals surface area contributed by atoms with Gasteiger partial charge in [-0.3, -0.25) is 24.0 Å². The van der Waals surface area contributed by atoms with Crippen LogP contribution < -0.4 is 19.3 Å². The molecule has 6 aromatic rings. The quantitative estimate of drug-likeness (QED) is 0.108. The van der Waals surface area contributed by atoms with Crippen LogP contribution in [0.15, 0.2) is 146 Å². The van der Waals surface area contributed by atoms with Gasteiger partial charge in [-0.15, -0.1) is 0 Å². The number of rotatable bonds is 10. The number of carbonyl (C=O) groups is 5. The highest BCUT2D eigenvalue weighted by atomic mass is 16.5. The van der Waals surface area contributed by atoms with Crippen LogP contribution in [0.5, 0.6) is 11.5 Å². The number of anilines is 2. The van der Waals surface area contributed by atoms with E-state index in [1.807, 2.05) is 60.7 Å². The zero-order valence-electron chi connectivity index (χ0n) is 27.5. The molecule has 2 heterocycles. The van der Waals surface area contributed by atoms with Gasteiger partial charge in [0.05, 0.1) is 33.6 Å². The standard InChI is InChI=1S/C43H28N2O7/c46-39(29-11-21-35-37(23-29)42(49)44(40(35)47)31-13-17-33(18-14-31)51-25-27-7-3-1-4-8-27)30-12-22-36-38(24-30)43(50)45(41(36)48)32-15-19-34(20-16-32)52-26-28-9-5-2-6-10-28/h1-24H,25-26H2. The van der Waals surface area contributed by atoms with Crippen molar-refractivity contribution in [2.45, 2.75) is 13.2 Å². The van der Waals surface area contributed by atoms with Crippen LogP contribution in [-0.4, -0.2) is 29.4 Å². The Morgan fingerprint density at radius 3 is 1.17 bits per heavy atom. The maximum absolute atomic E-state index is 13.7. The van der Waals surface area contributed by atoms with Gasteiger partial charge in [0, 0.05) is 11.1 Å². The largest absolute Gasteiger partial charge is 0.489 e. The topological polar surface area (TPSA) is 110 Å². The fourth-order valence-electron chi connectivity index (χ4n) is 6.26. The number of benzene rings is 6. The average Bonchev–Trinajstić information content (AvgIpc) is 3.60. The Balaban J connectivity index is 0.963. The van der Waals surface area contributed by atoms with Gasteiger partial charge in [0.1, 0.15) is 24.7 Å². The Hall–Kier alpha value is -7.13. The van der Waals surface area contributed by atoms with Crippen molar-refractivity contribution in [3.8, 4) is 11.5 Å². The van der Waals surface area contributed by atoms with Crippen LogP contribution in [0.2, 0.25) is 0 Å². The van der Waals surface area contributed by atoms with Crippen LogP contribution in [-0.2, 0) is 13.2 Å². The molecule has 0 N–H and O–H groups in total. The van der Waals surface area contributed by atoms with Gasteiger partial charge < -0.3 is 9.47 Å². The van der Waals surface area contributed by atoms with Gasteiger partial charge in [0.2, 0.25) is 0 Å². The van der Waals surface area contributed by atoms with Crippen molar-refractivity contribution in [2.24, 2.45) is 0 Å². The molecule has 0 atom stereocenters. The van der Waals surface area contributed by atoms with Crippen molar-refractivity contribution in [3.63, 3.8) is 0 Å². The van der Waals surface area contributed by atoms with Gasteiger partial charge in [0.25, 0.3) is 23.6 Å². The minimum Gasteiger partial charge on any atom is -0.489 e. The lowest BCUT2D eigenvalue weighted by molar-refractivity contribution is 0.0910. The summed E-state index contributed by atoms with van der Waals surface area (Å²) < 4.78 is 11.7. The molecule has 0 saturated carbocycles. The second-order valence-electron chi connectivity index (χ2n) is 12.3. The molecule has 9 heteroatoms. The first kappa shape index (κ1) is 32.1. The number of hydrogen-bond acceptors (Lipinski definition) is 7. The van der Waals surface area contributed by atoms with Crippen molar-refractivity contribution >= 4 is 40.8 Å². The molecule has 0 spiro atoms. The van der Waals surface area contributed by atoms with Crippen molar-refractivity contribution in [2.75, 3.05) is 9.80 Å². The fourth-order valence-corrected chi connectivity index (χ4v) is 6.26. The van der Waals surface area contributed by atoms with Crippen LogP contribution >= 0.6 is 0 Å². The minimum atomic E-state index is -0.561. The summed E-state index contributed by atoms with van der Waals surface area (Å²) >= 11 is 0. The maximum atomic E-state index is 13.7. The second-order valence-corrected chi connectivity index (χ2v) is 12.3. The number of carbonyl (C=O) groups excluding carboxylic acids is 5. The van der Waals surface area contributed by atoms with Crippen LogP contribution in [0.1, 0.15) is 68.5 Å². The van der Waals surface area contributed by atoms with E-state index in [-0.39, 0.29) is 33.4 Å². The Morgan fingerprint density at radius 2 is 0.788 bits per heavy atom. The summed E-state index contributed by atoms with van der Waals surface area (Å²) in [6.45, 7) is 0.743. The van der Waals surface area contributed by atoms with Crippen molar-refractivity contribution in [3.05, 3.63) is 190 Å². The molecule has 2 aliphatic heterocycles. The van der Waals surface area contributed by atoms with Gasteiger partial charge in [-0.05, 0) is 83.9 Å². The summed E-state index contributed by atoms with van der Waals surface area (Å²) in [4.78, 5) is 69.5. The molecule has 9 nitrogen and oxygen atoms in total. The van der Waals surface area contributed by atoms with Crippen LogP contribution in [0, 0.1) is 0 Å². The minimum absolute atomic E-state index is 0.0926. The van der Waals surface area contributed by atoms with Gasteiger partial charge >= 0.3 is 0 Å². The predicted octanol–water partition coefficient (Wildman–Crippen LogP) is 7.68. The van der Waals surface area contributed by atoms with Gasteiger partial charge in [-0.25, -0.2) is 9.80 Å². The molecule has 0 aliphatic carbocycles. The van der Waals surface area contributed by atoms with Crippen LogP contribution in [0.25, 0.3) is 0 Å². The predicted molar refractivity (Wildman–Crippen MR) is 193 cm³/mol. The number of hydrogen-bond donors (Lipinski definition) is 0. The van der Waals surface area contributed by atoms with Crippen LogP contribution in [0.3, 0.4) is 0 Å². The zero-order chi connectivity index (χ0) is 35.8.